The molecule has 158 valence electrons. The smallest absolute Gasteiger partial charge is 0.267 e. The van der Waals surface area contributed by atoms with Crippen molar-refractivity contribution in [1.82, 2.24) is 15.4 Å². The van der Waals surface area contributed by atoms with E-state index in [0.29, 0.717) is 18.1 Å². The van der Waals surface area contributed by atoms with Crippen molar-refractivity contribution in [2.75, 3.05) is 17.2 Å². The maximum Gasteiger partial charge on any atom is 0.267 e. The van der Waals surface area contributed by atoms with E-state index in [0.717, 1.165) is 24.9 Å². The van der Waals surface area contributed by atoms with Crippen molar-refractivity contribution in [3.63, 3.8) is 0 Å². The molecule has 0 saturated carbocycles. The van der Waals surface area contributed by atoms with Crippen molar-refractivity contribution in [1.29, 1.82) is 0 Å². The van der Waals surface area contributed by atoms with Crippen LogP contribution in [-0.2, 0) is 19.2 Å². The largest absolute Gasteiger partial charge is 0.357 e. The van der Waals surface area contributed by atoms with Crippen LogP contribution in [0.1, 0.15) is 31.9 Å². The third kappa shape index (κ3) is 6.94. The Kier molecular flexibility index (Phi) is 7.87. The molecule has 1 unspecified atom stereocenters. The van der Waals surface area contributed by atoms with Gasteiger partial charge in [-0.3, -0.25) is 14.6 Å². The molecule has 1 saturated heterocycles. The molecular weight excluding hydrogens is 386 g/mol. The van der Waals surface area contributed by atoms with E-state index in [4.69, 9.17) is 9.57 Å². The molecule has 0 bridgehead atoms. The van der Waals surface area contributed by atoms with Crippen LogP contribution in [0.25, 0.3) is 6.08 Å². The van der Waals surface area contributed by atoms with E-state index in [9.17, 15) is 9.59 Å². The zero-order chi connectivity index (χ0) is 21.2. The van der Waals surface area contributed by atoms with E-state index >= 15 is 0 Å². The number of amides is 2. The average molecular weight is 411 g/mol. The monoisotopic (exact) mass is 411 g/mol. The van der Waals surface area contributed by atoms with Gasteiger partial charge in [0.05, 0.1) is 18.1 Å². The average Bonchev–Trinajstić information content (AvgIpc) is 2.78. The first-order chi connectivity index (χ1) is 14.6. The standard InChI is InChI=1S/C21H25N5O4/c1-15(21(28)25-16-7-3-2-4-8-16)24-18-14-22-17(13-23-18)10-11-19(27)26-30-20-9-5-6-12-29-20/h2-4,7-8,10-11,13-15,20H,5-6,9,12H2,1H3,(H,23,24)(H,25,28)(H,26,27)/b11-10+/t15-,20?/m1/s1. The summed E-state index contributed by atoms with van der Waals surface area (Å²) in [5.41, 5.74) is 3.55. The third-order valence-corrected chi connectivity index (χ3v) is 4.31. The SMILES string of the molecule is C[C@@H](Nc1cnc(/C=C/C(=O)NOC2CCCCO2)cn1)C(=O)Nc1ccccc1. The summed E-state index contributed by atoms with van der Waals surface area (Å²) in [5.74, 6) is -0.157. The van der Waals surface area contributed by atoms with Crippen LogP contribution in [0.15, 0.2) is 48.8 Å². The van der Waals surface area contributed by atoms with Gasteiger partial charge in [0.1, 0.15) is 11.9 Å². The van der Waals surface area contributed by atoms with E-state index in [1.165, 1.54) is 24.5 Å². The van der Waals surface area contributed by atoms with Gasteiger partial charge in [-0.05, 0) is 38.0 Å². The molecule has 2 atom stereocenters. The number of nitrogens with one attached hydrogen (secondary N) is 3. The predicted octanol–water partition coefficient (Wildman–Crippen LogP) is 2.50. The molecule has 1 aliphatic rings. The van der Waals surface area contributed by atoms with E-state index in [-0.39, 0.29) is 5.91 Å². The van der Waals surface area contributed by atoms with Crippen LogP contribution in [0, 0.1) is 0 Å². The lowest BCUT2D eigenvalue weighted by molar-refractivity contribution is -0.198. The predicted molar refractivity (Wildman–Crippen MR) is 112 cm³/mol. The quantitative estimate of drug-likeness (QED) is 0.452. The number of rotatable bonds is 8. The number of anilines is 2. The highest BCUT2D eigenvalue weighted by molar-refractivity contribution is 5.96. The maximum atomic E-state index is 12.2. The van der Waals surface area contributed by atoms with Gasteiger partial charge < -0.3 is 15.4 Å². The van der Waals surface area contributed by atoms with Crippen molar-refractivity contribution in [2.45, 2.75) is 38.5 Å². The highest BCUT2D eigenvalue weighted by atomic mass is 16.8. The highest BCUT2D eigenvalue weighted by Gasteiger charge is 2.15. The number of hydrogen-bond donors (Lipinski definition) is 3. The fourth-order valence-electron chi connectivity index (χ4n) is 2.68. The van der Waals surface area contributed by atoms with Gasteiger partial charge in [0.15, 0.2) is 6.29 Å². The van der Waals surface area contributed by atoms with Gasteiger partial charge in [0.2, 0.25) is 5.91 Å². The van der Waals surface area contributed by atoms with E-state index in [2.05, 4.69) is 26.1 Å². The summed E-state index contributed by atoms with van der Waals surface area (Å²) < 4.78 is 5.37. The Bertz CT molecular complexity index is 851. The van der Waals surface area contributed by atoms with Gasteiger partial charge in [-0.15, -0.1) is 0 Å². The molecule has 0 radical (unpaired) electrons. The summed E-state index contributed by atoms with van der Waals surface area (Å²) in [6.07, 6.45) is 8.19. The molecule has 9 heteroatoms. The molecule has 2 amide bonds. The van der Waals surface area contributed by atoms with Crippen molar-refractivity contribution in [3.8, 4) is 0 Å². The zero-order valence-corrected chi connectivity index (χ0v) is 16.7. The Labute approximate surface area is 174 Å². The van der Waals surface area contributed by atoms with Crippen LogP contribution in [0.2, 0.25) is 0 Å². The Morgan fingerprint density at radius 1 is 1.20 bits per heavy atom. The van der Waals surface area contributed by atoms with Gasteiger partial charge in [-0.25, -0.2) is 15.3 Å². The second kappa shape index (κ2) is 11.0. The number of aromatic nitrogens is 2. The summed E-state index contributed by atoms with van der Waals surface area (Å²) in [6.45, 7) is 2.37. The van der Waals surface area contributed by atoms with Crippen LogP contribution >= 0.6 is 0 Å². The molecule has 9 nitrogen and oxygen atoms in total. The second-order valence-corrected chi connectivity index (χ2v) is 6.76. The van der Waals surface area contributed by atoms with Crippen molar-refractivity contribution < 1.29 is 19.2 Å². The Balaban J connectivity index is 1.44. The highest BCUT2D eigenvalue weighted by Crippen LogP contribution is 2.12. The number of nitrogens with zero attached hydrogens (tertiary/aromatic N) is 2. The van der Waals surface area contributed by atoms with Crippen LogP contribution in [0.3, 0.4) is 0 Å². The Morgan fingerprint density at radius 2 is 2.03 bits per heavy atom. The topological polar surface area (TPSA) is 114 Å². The zero-order valence-electron chi connectivity index (χ0n) is 16.7. The van der Waals surface area contributed by atoms with Crippen molar-refractivity contribution in [2.24, 2.45) is 0 Å². The summed E-state index contributed by atoms with van der Waals surface area (Å²) in [5, 5.41) is 5.80. The summed E-state index contributed by atoms with van der Waals surface area (Å²) >= 11 is 0. The number of hydrogen-bond acceptors (Lipinski definition) is 7. The minimum atomic E-state index is -0.508. The molecule has 2 heterocycles. The number of carbonyl (C=O) groups is 2. The van der Waals surface area contributed by atoms with Crippen LogP contribution in [0.4, 0.5) is 11.5 Å². The van der Waals surface area contributed by atoms with E-state index in [1.54, 1.807) is 6.92 Å². The molecule has 1 aromatic carbocycles. The molecule has 3 N–H and O–H groups in total. The molecule has 0 spiro atoms. The number of ether oxygens (including phenoxy) is 1. The number of benzene rings is 1. The molecule has 3 rings (SSSR count). The van der Waals surface area contributed by atoms with Gasteiger partial charge in [-0.2, -0.15) is 0 Å². The second-order valence-electron chi connectivity index (χ2n) is 6.76. The molecule has 0 aliphatic carbocycles. The van der Waals surface area contributed by atoms with Crippen LogP contribution in [0.5, 0.6) is 0 Å². The molecule has 2 aromatic rings. The molecule has 1 fully saturated rings. The molecular formula is C21H25N5O4. The molecule has 30 heavy (non-hydrogen) atoms. The number of hydroxylamine groups is 1. The summed E-state index contributed by atoms with van der Waals surface area (Å²) in [7, 11) is 0. The summed E-state index contributed by atoms with van der Waals surface area (Å²) in [4.78, 5) is 37.7. The van der Waals surface area contributed by atoms with Crippen LogP contribution in [-0.4, -0.2) is 40.7 Å². The number of para-hydroxylation sites is 1. The van der Waals surface area contributed by atoms with Gasteiger partial charge >= 0.3 is 0 Å². The van der Waals surface area contributed by atoms with Crippen LogP contribution < -0.4 is 16.1 Å². The molecule has 1 aromatic heterocycles. The van der Waals surface area contributed by atoms with Gasteiger partial charge in [0, 0.05) is 24.8 Å². The van der Waals surface area contributed by atoms with Crippen molar-refractivity contribution in [3.05, 3.63) is 54.5 Å². The van der Waals surface area contributed by atoms with Gasteiger partial charge in [-0.1, -0.05) is 18.2 Å². The maximum absolute atomic E-state index is 12.2. The van der Waals surface area contributed by atoms with Gasteiger partial charge in [0.25, 0.3) is 5.91 Å². The first kappa shape index (κ1) is 21.4. The Morgan fingerprint density at radius 3 is 2.73 bits per heavy atom. The molecule has 1 aliphatic heterocycles. The lowest BCUT2D eigenvalue weighted by Crippen LogP contribution is -2.32. The lowest BCUT2D eigenvalue weighted by Gasteiger charge is -2.21. The van der Waals surface area contributed by atoms with Crippen molar-refractivity contribution >= 4 is 29.4 Å². The normalized spacial score (nSPS) is 17.3. The fourth-order valence-corrected chi connectivity index (χ4v) is 2.68. The minimum absolute atomic E-state index is 0.189. The van der Waals surface area contributed by atoms with E-state index in [1.807, 2.05) is 30.3 Å². The Hall–Kier alpha value is -3.30. The lowest BCUT2D eigenvalue weighted by atomic mass is 10.2. The van der Waals surface area contributed by atoms with E-state index < -0.39 is 18.2 Å². The first-order valence-electron chi connectivity index (χ1n) is 9.80. The third-order valence-electron chi connectivity index (χ3n) is 4.31. The number of carbonyl (C=O) groups excluding carboxylic acids is 2. The first-order valence-corrected chi connectivity index (χ1v) is 9.80. The minimum Gasteiger partial charge on any atom is -0.357 e. The summed E-state index contributed by atoms with van der Waals surface area (Å²) in [6, 6.07) is 8.70. The fraction of sp³-hybridized carbons (Fsp3) is 0.333.